The fourth-order valence-electron chi connectivity index (χ4n) is 2.30. The van der Waals surface area contributed by atoms with Gasteiger partial charge < -0.3 is 9.15 Å². The molecule has 1 heterocycles. The number of esters is 1. The first-order valence-electron chi connectivity index (χ1n) is 7.34. The quantitative estimate of drug-likeness (QED) is 0.658. The maximum absolute atomic E-state index is 13.7. The molecule has 8 heteroatoms. The van der Waals surface area contributed by atoms with E-state index in [9.17, 15) is 23.2 Å². The summed E-state index contributed by atoms with van der Waals surface area (Å²) in [5.74, 6) is -4.44. The molecule has 6 nitrogen and oxygen atoms in total. The van der Waals surface area contributed by atoms with Crippen molar-refractivity contribution in [1.29, 1.82) is 0 Å². The molecule has 0 saturated carbocycles. The smallest absolute Gasteiger partial charge is 0.344 e. The first-order valence-corrected chi connectivity index (χ1v) is 7.34. The van der Waals surface area contributed by atoms with Gasteiger partial charge in [0.25, 0.3) is 5.91 Å². The van der Waals surface area contributed by atoms with Crippen LogP contribution < -0.4 is 5.32 Å². The van der Waals surface area contributed by atoms with Crippen LogP contribution in [0.25, 0.3) is 0 Å². The minimum absolute atomic E-state index is 0.0340. The zero-order chi connectivity index (χ0) is 18.7. The van der Waals surface area contributed by atoms with Gasteiger partial charge in [0.15, 0.2) is 5.78 Å². The molecule has 0 fully saturated rings. The lowest BCUT2D eigenvalue weighted by Crippen LogP contribution is -2.17. The minimum Gasteiger partial charge on any atom is -0.462 e. The monoisotopic (exact) mass is 351 g/mol. The van der Waals surface area contributed by atoms with Crippen LogP contribution in [-0.2, 0) is 4.74 Å². The standard InChI is InChI=1S/C17H15F2NO5/c1-4-24-17(23)14-13(8(2)21)9(3)25-16(14)20-15(22)11-6-5-10(18)7-12(11)19/h5-7H,4H2,1-3H3,(H,20,22). The summed E-state index contributed by atoms with van der Waals surface area (Å²) in [6, 6.07) is 2.42. The molecule has 0 saturated heterocycles. The number of rotatable bonds is 5. The van der Waals surface area contributed by atoms with Crippen LogP contribution in [0.3, 0.4) is 0 Å². The number of aryl methyl sites for hydroxylation is 1. The van der Waals surface area contributed by atoms with Gasteiger partial charge in [0.1, 0.15) is 23.0 Å². The van der Waals surface area contributed by atoms with Gasteiger partial charge >= 0.3 is 5.97 Å². The van der Waals surface area contributed by atoms with Crippen molar-refractivity contribution in [2.75, 3.05) is 11.9 Å². The number of furan rings is 1. The van der Waals surface area contributed by atoms with Crippen molar-refractivity contribution in [3.8, 4) is 0 Å². The average Bonchev–Trinajstić information content (AvgIpc) is 2.83. The summed E-state index contributed by atoms with van der Waals surface area (Å²) >= 11 is 0. The van der Waals surface area contributed by atoms with E-state index in [1.165, 1.54) is 13.8 Å². The zero-order valence-corrected chi connectivity index (χ0v) is 13.7. The summed E-state index contributed by atoms with van der Waals surface area (Å²) in [6.07, 6.45) is 0. The molecule has 1 aromatic carbocycles. The number of amides is 1. The highest BCUT2D eigenvalue weighted by atomic mass is 19.1. The number of carbonyl (C=O) groups excluding carboxylic acids is 3. The summed E-state index contributed by atoms with van der Waals surface area (Å²) in [6.45, 7) is 4.28. The predicted molar refractivity (Wildman–Crippen MR) is 83.7 cm³/mol. The van der Waals surface area contributed by atoms with Crippen LogP contribution in [0.2, 0.25) is 0 Å². The van der Waals surface area contributed by atoms with Gasteiger partial charge in [0, 0.05) is 6.07 Å². The van der Waals surface area contributed by atoms with E-state index in [0.717, 1.165) is 12.1 Å². The second kappa shape index (κ2) is 7.25. The van der Waals surface area contributed by atoms with Crippen molar-refractivity contribution >= 4 is 23.5 Å². The SMILES string of the molecule is CCOC(=O)c1c(NC(=O)c2ccc(F)cc2F)oc(C)c1C(C)=O. The lowest BCUT2D eigenvalue weighted by molar-refractivity contribution is 0.0524. The van der Waals surface area contributed by atoms with Gasteiger partial charge in [-0.3, -0.25) is 14.9 Å². The van der Waals surface area contributed by atoms with E-state index in [2.05, 4.69) is 5.32 Å². The Labute approximate surface area is 141 Å². The summed E-state index contributed by atoms with van der Waals surface area (Å²) in [5.41, 5.74) is -0.731. The van der Waals surface area contributed by atoms with Gasteiger partial charge in [-0.15, -0.1) is 0 Å². The van der Waals surface area contributed by atoms with E-state index in [-0.39, 0.29) is 29.4 Å². The molecule has 0 aliphatic carbocycles. The van der Waals surface area contributed by atoms with E-state index in [4.69, 9.17) is 9.15 Å². The van der Waals surface area contributed by atoms with Gasteiger partial charge in [0.2, 0.25) is 5.88 Å². The van der Waals surface area contributed by atoms with Crippen LogP contribution in [0.15, 0.2) is 22.6 Å². The molecule has 0 radical (unpaired) electrons. The number of halogens is 2. The van der Waals surface area contributed by atoms with Gasteiger partial charge in [-0.25, -0.2) is 13.6 Å². The lowest BCUT2D eigenvalue weighted by atomic mass is 10.1. The minimum atomic E-state index is -1.08. The molecular weight excluding hydrogens is 336 g/mol. The van der Waals surface area contributed by atoms with Crippen LogP contribution in [0.5, 0.6) is 0 Å². The molecule has 0 atom stereocenters. The summed E-state index contributed by atoms with van der Waals surface area (Å²) < 4.78 is 36.8. The lowest BCUT2D eigenvalue weighted by Gasteiger charge is -2.07. The number of ether oxygens (including phenoxy) is 1. The maximum Gasteiger partial charge on any atom is 0.344 e. The molecule has 0 unspecified atom stereocenters. The van der Waals surface area contributed by atoms with Crippen LogP contribution in [0.1, 0.15) is 50.7 Å². The number of carbonyl (C=O) groups is 3. The van der Waals surface area contributed by atoms with Crippen molar-refractivity contribution in [3.63, 3.8) is 0 Å². The summed E-state index contributed by atoms with van der Waals surface area (Å²) in [7, 11) is 0. The molecule has 132 valence electrons. The molecule has 0 bridgehead atoms. The Morgan fingerprint density at radius 3 is 2.44 bits per heavy atom. The third kappa shape index (κ3) is 3.73. The normalized spacial score (nSPS) is 10.4. The van der Waals surface area contributed by atoms with E-state index < -0.39 is 34.9 Å². The maximum atomic E-state index is 13.7. The second-order valence-corrected chi connectivity index (χ2v) is 5.09. The Morgan fingerprint density at radius 2 is 1.88 bits per heavy atom. The molecule has 1 aromatic heterocycles. The summed E-state index contributed by atoms with van der Waals surface area (Å²) in [4.78, 5) is 36.1. The highest BCUT2D eigenvalue weighted by Crippen LogP contribution is 2.29. The molecular formula is C17H15F2NO5. The van der Waals surface area contributed by atoms with Crippen LogP contribution in [-0.4, -0.2) is 24.3 Å². The van der Waals surface area contributed by atoms with Crippen molar-refractivity contribution in [1.82, 2.24) is 0 Å². The molecule has 25 heavy (non-hydrogen) atoms. The van der Waals surface area contributed by atoms with Gasteiger partial charge in [-0.2, -0.15) is 0 Å². The molecule has 1 N–H and O–H groups in total. The van der Waals surface area contributed by atoms with Crippen molar-refractivity contribution in [2.45, 2.75) is 20.8 Å². The number of Topliss-reactive ketones (excluding diaryl/α,β-unsaturated/α-hetero) is 1. The van der Waals surface area contributed by atoms with Crippen LogP contribution >= 0.6 is 0 Å². The Hall–Kier alpha value is -3.03. The van der Waals surface area contributed by atoms with E-state index in [1.807, 2.05) is 0 Å². The van der Waals surface area contributed by atoms with Crippen molar-refractivity contribution < 1.29 is 32.3 Å². The Kier molecular flexibility index (Phi) is 5.31. The zero-order valence-electron chi connectivity index (χ0n) is 13.7. The predicted octanol–water partition coefficient (Wildman–Crippen LogP) is 3.50. The third-order valence-corrected chi connectivity index (χ3v) is 3.32. The van der Waals surface area contributed by atoms with E-state index in [0.29, 0.717) is 6.07 Å². The Bertz CT molecular complexity index is 857. The molecule has 2 rings (SSSR count). The number of nitrogens with one attached hydrogen (secondary N) is 1. The number of hydrogen-bond donors (Lipinski definition) is 1. The van der Waals surface area contributed by atoms with E-state index in [1.54, 1.807) is 6.92 Å². The van der Waals surface area contributed by atoms with Gasteiger partial charge in [-0.05, 0) is 32.9 Å². The molecule has 2 aromatic rings. The summed E-state index contributed by atoms with van der Waals surface area (Å²) in [5, 5.41) is 2.22. The van der Waals surface area contributed by atoms with Crippen molar-refractivity contribution in [3.05, 3.63) is 52.3 Å². The highest BCUT2D eigenvalue weighted by Gasteiger charge is 2.29. The molecule has 0 spiro atoms. The molecule has 1 amide bonds. The fourth-order valence-corrected chi connectivity index (χ4v) is 2.30. The molecule has 0 aliphatic heterocycles. The first kappa shape index (κ1) is 18.3. The number of anilines is 1. The topological polar surface area (TPSA) is 85.6 Å². The number of benzene rings is 1. The Morgan fingerprint density at radius 1 is 1.20 bits per heavy atom. The largest absolute Gasteiger partial charge is 0.462 e. The fraction of sp³-hybridized carbons (Fsp3) is 0.235. The number of hydrogen-bond acceptors (Lipinski definition) is 5. The molecule has 0 aliphatic rings. The van der Waals surface area contributed by atoms with Crippen LogP contribution in [0.4, 0.5) is 14.7 Å². The van der Waals surface area contributed by atoms with Gasteiger partial charge in [-0.1, -0.05) is 0 Å². The second-order valence-electron chi connectivity index (χ2n) is 5.09. The average molecular weight is 351 g/mol. The third-order valence-electron chi connectivity index (χ3n) is 3.32. The van der Waals surface area contributed by atoms with Crippen molar-refractivity contribution in [2.24, 2.45) is 0 Å². The van der Waals surface area contributed by atoms with Gasteiger partial charge in [0.05, 0.1) is 17.7 Å². The number of ketones is 1. The Balaban J connectivity index is 2.45. The first-order chi connectivity index (χ1) is 11.8. The van der Waals surface area contributed by atoms with E-state index >= 15 is 0 Å². The van der Waals surface area contributed by atoms with Crippen LogP contribution in [0, 0.1) is 18.6 Å². The highest BCUT2D eigenvalue weighted by molar-refractivity contribution is 6.12.